The highest BCUT2D eigenvalue weighted by molar-refractivity contribution is 8.01. The summed E-state index contributed by atoms with van der Waals surface area (Å²) in [5, 5.41) is 2.93. The lowest BCUT2D eigenvalue weighted by Gasteiger charge is -2.14. The first kappa shape index (κ1) is 20.3. The highest BCUT2D eigenvalue weighted by Crippen LogP contribution is 2.34. The predicted molar refractivity (Wildman–Crippen MR) is 113 cm³/mol. The van der Waals surface area contributed by atoms with Gasteiger partial charge in [-0.1, -0.05) is 23.9 Å². The van der Waals surface area contributed by atoms with E-state index in [1.54, 1.807) is 50.5 Å². The van der Waals surface area contributed by atoms with E-state index in [-0.39, 0.29) is 5.91 Å². The van der Waals surface area contributed by atoms with Gasteiger partial charge in [0.05, 0.1) is 31.5 Å². The summed E-state index contributed by atoms with van der Waals surface area (Å²) in [6, 6.07) is 11.6. The van der Waals surface area contributed by atoms with Crippen LogP contribution in [0.4, 0.5) is 0 Å². The molecule has 0 saturated heterocycles. The number of nitrogens with zero attached hydrogens (tertiary/aromatic N) is 1. The standard InChI is InChI=1S/C20H22N2O4S2/c1-24-15-11-17(26-3)16(25-2)10-13(15)12-21-19(23)8-9-27-20-22-14-6-4-5-7-18(14)28-20/h4-7,10-11H,8-9,12H2,1-3H3,(H,21,23). The van der Waals surface area contributed by atoms with Gasteiger partial charge in [0.25, 0.3) is 0 Å². The summed E-state index contributed by atoms with van der Waals surface area (Å²) >= 11 is 3.25. The molecule has 0 unspecified atom stereocenters. The minimum Gasteiger partial charge on any atom is -0.496 e. The molecule has 3 aromatic rings. The molecule has 1 N–H and O–H groups in total. The summed E-state index contributed by atoms with van der Waals surface area (Å²) in [6.45, 7) is 0.355. The molecule has 1 aromatic heterocycles. The number of hydrogen-bond donors (Lipinski definition) is 1. The van der Waals surface area contributed by atoms with Crippen LogP contribution in [0.2, 0.25) is 0 Å². The van der Waals surface area contributed by atoms with Gasteiger partial charge >= 0.3 is 0 Å². The van der Waals surface area contributed by atoms with Gasteiger partial charge in [-0.25, -0.2) is 4.98 Å². The van der Waals surface area contributed by atoms with Crippen LogP contribution in [-0.4, -0.2) is 38.0 Å². The monoisotopic (exact) mass is 418 g/mol. The number of methoxy groups -OCH3 is 3. The fourth-order valence-electron chi connectivity index (χ4n) is 2.66. The maximum Gasteiger partial charge on any atom is 0.221 e. The highest BCUT2D eigenvalue weighted by atomic mass is 32.2. The average molecular weight is 419 g/mol. The Morgan fingerprint density at radius 3 is 2.50 bits per heavy atom. The van der Waals surface area contributed by atoms with E-state index >= 15 is 0 Å². The van der Waals surface area contributed by atoms with Gasteiger partial charge in [-0.15, -0.1) is 11.3 Å². The van der Waals surface area contributed by atoms with Crippen LogP contribution >= 0.6 is 23.1 Å². The van der Waals surface area contributed by atoms with E-state index in [4.69, 9.17) is 14.2 Å². The molecule has 0 bridgehead atoms. The summed E-state index contributed by atoms with van der Waals surface area (Å²) in [5.74, 6) is 2.47. The number of nitrogens with one attached hydrogen (secondary N) is 1. The second kappa shape index (κ2) is 9.66. The third-order valence-electron chi connectivity index (χ3n) is 4.09. The van der Waals surface area contributed by atoms with Gasteiger partial charge < -0.3 is 19.5 Å². The molecule has 0 aliphatic rings. The van der Waals surface area contributed by atoms with Gasteiger partial charge in [-0.2, -0.15) is 0 Å². The largest absolute Gasteiger partial charge is 0.496 e. The zero-order valence-corrected chi connectivity index (χ0v) is 17.6. The third kappa shape index (κ3) is 4.88. The molecule has 1 heterocycles. The lowest BCUT2D eigenvalue weighted by atomic mass is 10.1. The number of thioether (sulfide) groups is 1. The maximum atomic E-state index is 12.2. The minimum absolute atomic E-state index is 0.0227. The van der Waals surface area contributed by atoms with Crippen molar-refractivity contribution in [3.05, 3.63) is 42.0 Å². The molecule has 0 atom stereocenters. The van der Waals surface area contributed by atoms with E-state index in [0.717, 1.165) is 20.1 Å². The molecule has 0 spiro atoms. The first-order chi connectivity index (χ1) is 13.6. The average Bonchev–Trinajstić information content (AvgIpc) is 3.14. The summed E-state index contributed by atoms with van der Waals surface area (Å²) in [5.41, 5.74) is 1.83. The topological polar surface area (TPSA) is 69.7 Å². The Kier molecular flexibility index (Phi) is 7.00. The van der Waals surface area contributed by atoms with Crippen LogP contribution in [0.3, 0.4) is 0 Å². The van der Waals surface area contributed by atoms with Crippen LogP contribution in [0, 0.1) is 0 Å². The van der Waals surface area contributed by atoms with Gasteiger partial charge in [-0.3, -0.25) is 4.79 Å². The minimum atomic E-state index is -0.0227. The molecule has 2 aromatic carbocycles. The number of carbonyl (C=O) groups is 1. The van der Waals surface area contributed by atoms with Crippen molar-refractivity contribution in [1.82, 2.24) is 10.3 Å². The molecule has 0 aliphatic heterocycles. The van der Waals surface area contributed by atoms with Gasteiger partial charge in [0.1, 0.15) is 5.75 Å². The van der Waals surface area contributed by atoms with Crippen LogP contribution in [-0.2, 0) is 11.3 Å². The van der Waals surface area contributed by atoms with Crippen LogP contribution in [0.25, 0.3) is 10.2 Å². The van der Waals surface area contributed by atoms with Crippen molar-refractivity contribution in [2.45, 2.75) is 17.3 Å². The molecule has 0 aliphatic carbocycles. The molecule has 3 rings (SSSR count). The van der Waals surface area contributed by atoms with Crippen molar-refractivity contribution in [3.8, 4) is 17.2 Å². The normalized spacial score (nSPS) is 10.7. The summed E-state index contributed by atoms with van der Waals surface area (Å²) in [6.07, 6.45) is 0.413. The highest BCUT2D eigenvalue weighted by Gasteiger charge is 2.13. The molecule has 1 amide bonds. The number of hydrogen-bond acceptors (Lipinski definition) is 7. The van der Waals surface area contributed by atoms with Crippen molar-refractivity contribution in [3.63, 3.8) is 0 Å². The van der Waals surface area contributed by atoms with E-state index < -0.39 is 0 Å². The van der Waals surface area contributed by atoms with Crippen molar-refractivity contribution in [1.29, 1.82) is 0 Å². The van der Waals surface area contributed by atoms with Crippen molar-refractivity contribution in [2.24, 2.45) is 0 Å². The van der Waals surface area contributed by atoms with Crippen molar-refractivity contribution in [2.75, 3.05) is 27.1 Å². The number of amides is 1. The lowest BCUT2D eigenvalue weighted by Crippen LogP contribution is -2.23. The van der Waals surface area contributed by atoms with Crippen molar-refractivity contribution < 1.29 is 19.0 Å². The molecule has 6 nitrogen and oxygen atoms in total. The van der Waals surface area contributed by atoms with Crippen LogP contribution in [0.1, 0.15) is 12.0 Å². The lowest BCUT2D eigenvalue weighted by molar-refractivity contribution is -0.120. The van der Waals surface area contributed by atoms with E-state index in [1.165, 1.54) is 0 Å². The Morgan fingerprint density at radius 2 is 1.79 bits per heavy atom. The van der Waals surface area contributed by atoms with Crippen LogP contribution in [0.5, 0.6) is 17.2 Å². The first-order valence-electron chi connectivity index (χ1n) is 8.68. The van der Waals surface area contributed by atoms with Gasteiger partial charge in [0.2, 0.25) is 5.91 Å². The first-order valence-corrected chi connectivity index (χ1v) is 10.5. The van der Waals surface area contributed by atoms with E-state index in [9.17, 15) is 4.79 Å². The summed E-state index contributed by atoms with van der Waals surface area (Å²) in [4.78, 5) is 16.8. The Bertz CT molecular complexity index is 926. The Morgan fingerprint density at radius 1 is 1.07 bits per heavy atom. The number of carbonyl (C=O) groups excluding carboxylic acids is 1. The number of fused-ring (bicyclic) bond motifs is 1. The molecule has 28 heavy (non-hydrogen) atoms. The smallest absolute Gasteiger partial charge is 0.221 e. The zero-order chi connectivity index (χ0) is 19.9. The number of benzene rings is 2. The van der Waals surface area contributed by atoms with Crippen LogP contribution < -0.4 is 19.5 Å². The summed E-state index contributed by atoms with van der Waals surface area (Å²) in [7, 11) is 4.73. The number of rotatable bonds is 9. The Balaban J connectivity index is 1.52. The number of aromatic nitrogens is 1. The SMILES string of the molecule is COc1cc(OC)c(OC)cc1CNC(=O)CCSc1nc2ccccc2s1. The van der Waals surface area contributed by atoms with Crippen LogP contribution in [0.15, 0.2) is 40.7 Å². The predicted octanol–water partition coefficient (Wildman–Crippen LogP) is 4.12. The fourth-order valence-corrected chi connectivity index (χ4v) is 4.73. The second-order valence-corrected chi connectivity index (χ2v) is 8.21. The molecular formula is C20H22N2O4S2. The Labute approximate surface area is 172 Å². The quantitative estimate of drug-likeness (QED) is 0.527. The van der Waals surface area contributed by atoms with Crippen molar-refractivity contribution >= 4 is 39.2 Å². The number of thiazole rings is 1. The van der Waals surface area contributed by atoms with Gasteiger partial charge in [0.15, 0.2) is 15.8 Å². The number of ether oxygens (including phenoxy) is 3. The van der Waals surface area contributed by atoms with E-state index in [0.29, 0.717) is 36.0 Å². The molecule has 0 radical (unpaired) electrons. The molecule has 8 heteroatoms. The maximum absolute atomic E-state index is 12.2. The number of para-hydroxylation sites is 1. The third-order valence-corrected chi connectivity index (χ3v) is 6.27. The fraction of sp³-hybridized carbons (Fsp3) is 0.300. The molecule has 0 fully saturated rings. The Hall–Kier alpha value is -2.45. The second-order valence-electron chi connectivity index (χ2n) is 5.84. The van der Waals surface area contributed by atoms with E-state index in [1.807, 2.05) is 24.3 Å². The van der Waals surface area contributed by atoms with Gasteiger partial charge in [0, 0.05) is 30.3 Å². The zero-order valence-electron chi connectivity index (χ0n) is 16.0. The summed E-state index contributed by atoms with van der Waals surface area (Å²) < 4.78 is 18.1. The molecule has 148 valence electrons. The molecule has 0 saturated carbocycles. The van der Waals surface area contributed by atoms with Gasteiger partial charge in [-0.05, 0) is 18.2 Å². The molecular weight excluding hydrogens is 396 g/mol. The van der Waals surface area contributed by atoms with E-state index in [2.05, 4.69) is 16.4 Å².